The maximum atomic E-state index is 13.2. The molecule has 0 saturated carbocycles. The molecule has 2 aromatic rings. The molecule has 1 aliphatic heterocycles. The second kappa shape index (κ2) is 7.75. The Morgan fingerprint density at radius 3 is 2.39 bits per heavy atom. The molecule has 1 atom stereocenters. The van der Waals surface area contributed by atoms with Gasteiger partial charge in [-0.3, -0.25) is 4.79 Å². The number of carbonyl (C=O) groups is 1. The van der Waals surface area contributed by atoms with Gasteiger partial charge in [0.05, 0.1) is 6.42 Å². The number of hydrogen-bond donors (Lipinski definition) is 1. The topological polar surface area (TPSA) is 52.9 Å². The minimum atomic E-state index is -4.71. The van der Waals surface area contributed by atoms with Crippen LogP contribution in [0.25, 0.3) is 0 Å². The molecule has 0 aromatic heterocycles. The predicted octanol–water partition coefficient (Wildman–Crippen LogP) is 4.31. The van der Waals surface area contributed by atoms with Crippen LogP contribution in [0, 0.1) is 6.92 Å². The quantitative estimate of drug-likeness (QED) is 0.827. The number of carbonyl (C=O) groups excluding carboxylic acids is 1. The van der Waals surface area contributed by atoms with Gasteiger partial charge in [-0.2, -0.15) is 23.3 Å². The summed E-state index contributed by atoms with van der Waals surface area (Å²) in [6.07, 6.45) is -4.46. The van der Waals surface area contributed by atoms with Gasteiger partial charge in [0.1, 0.15) is 5.71 Å². The maximum Gasteiger partial charge on any atom is 0.431 e. The summed E-state index contributed by atoms with van der Waals surface area (Å²) in [5.74, 6) is -0.641. The lowest BCUT2D eigenvalue weighted by molar-refractivity contribution is -0.158. The smallest absolute Gasteiger partial charge is 0.365 e. The number of hydrazone groups is 1. The number of alkyl halides is 3. The summed E-state index contributed by atoms with van der Waals surface area (Å²) in [7, 11) is 0. The van der Waals surface area contributed by atoms with E-state index in [9.17, 15) is 23.1 Å². The van der Waals surface area contributed by atoms with Gasteiger partial charge in [-0.15, -0.1) is 0 Å². The summed E-state index contributed by atoms with van der Waals surface area (Å²) >= 11 is 0. The van der Waals surface area contributed by atoms with Gasteiger partial charge in [-0.05, 0) is 25.3 Å². The van der Waals surface area contributed by atoms with Gasteiger partial charge in [0.15, 0.2) is 5.72 Å². The fourth-order valence-corrected chi connectivity index (χ4v) is 3.21. The first-order chi connectivity index (χ1) is 13.2. The molecule has 1 N–H and O–H groups in total. The summed E-state index contributed by atoms with van der Waals surface area (Å²) in [5, 5.41) is 15.1. The number of rotatable bonds is 5. The van der Waals surface area contributed by atoms with Crippen molar-refractivity contribution in [2.45, 2.75) is 44.5 Å². The van der Waals surface area contributed by atoms with Crippen LogP contribution in [0.4, 0.5) is 13.2 Å². The second-order valence-electron chi connectivity index (χ2n) is 6.95. The Bertz CT molecular complexity index is 863. The molecule has 2 aromatic carbocycles. The van der Waals surface area contributed by atoms with E-state index in [-0.39, 0.29) is 12.0 Å². The van der Waals surface area contributed by atoms with Crippen molar-refractivity contribution < 1.29 is 23.1 Å². The van der Waals surface area contributed by atoms with Gasteiger partial charge in [-0.25, -0.2) is 0 Å². The molecule has 1 heterocycles. The third-order valence-corrected chi connectivity index (χ3v) is 4.76. The van der Waals surface area contributed by atoms with Crippen molar-refractivity contribution in [2.75, 3.05) is 0 Å². The van der Waals surface area contributed by atoms with Crippen molar-refractivity contribution >= 4 is 11.6 Å². The molecule has 0 spiro atoms. The van der Waals surface area contributed by atoms with Crippen LogP contribution in [0.15, 0.2) is 59.7 Å². The zero-order valence-corrected chi connectivity index (χ0v) is 15.4. The number of nitrogens with zero attached hydrogens (tertiary/aromatic N) is 2. The highest BCUT2D eigenvalue weighted by Gasteiger charge is 2.52. The first-order valence-corrected chi connectivity index (χ1v) is 9.01. The molecule has 1 aliphatic rings. The molecule has 4 nitrogen and oxygen atoms in total. The first-order valence-electron chi connectivity index (χ1n) is 9.01. The number of hydrogen-bond acceptors (Lipinski definition) is 3. The normalized spacial score (nSPS) is 19.6. The van der Waals surface area contributed by atoms with Crippen LogP contribution in [0.3, 0.4) is 0 Å². The van der Waals surface area contributed by atoms with E-state index in [0.717, 1.165) is 11.1 Å². The summed E-state index contributed by atoms with van der Waals surface area (Å²) in [6, 6.07) is 15.9. The SMILES string of the molecule is Cc1ccc(C2(O)CC(C(F)(F)F)=NN2C(=O)CCCc2ccccc2)cc1. The Morgan fingerprint density at radius 1 is 1.14 bits per heavy atom. The van der Waals surface area contributed by atoms with E-state index in [1.807, 2.05) is 37.3 Å². The fourth-order valence-electron chi connectivity index (χ4n) is 3.21. The minimum Gasteiger partial charge on any atom is -0.365 e. The van der Waals surface area contributed by atoms with E-state index >= 15 is 0 Å². The Hall–Kier alpha value is -2.67. The highest BCUT2D eigenvalue weighted by molar-refractivity contribution is 5.94. The minimum absolute atomic E-state index is 0.0162. The Balaban J connectivity index is 1.80. The van der Waals surface area contributed by atoms with E-state index in [1.54, 1.807) is 12.1 Å². The van der Waals surface area contributed by atoms with E-state index in [1.165, 1.54) is 12.1 Å². The number of aliphatic hydroxyl groups is 1. The van der Waals surface area contributed by atoms with E-state index in [2.05, 4.69) is 5.10 Å². The summed E-state index contributed by atoms with van der Waals surface area (Å²) in [6.45, 7) is 1.83. The van der Waals surface area contributed by atoms with E-state index in [4.69, 9.17) is 0 Å². The Labute approximate surface area is 161 Å². The molecule has 0 aliphatic carbocycles. The van der Waals surface area contributed by atoms with Gasteiger partial charge in [0, 0.05) is 12.0 Å². The van der Waals surface area contributed by atoms with Crippen LogP contribution in [-0.4, -0.2) is 27.9 Å². The van der Waals surface area contributed by atoms with Crippen LogP contribution >= 0.6 is 0 Å². The Kier molecular flexibility index (Phi) is 5.56. The van der Waals surface area contributed by atoms with Gasteiger partial charge in [0.2, 0.25) is 5.91 Å². The van der Waals surface area contributed by atoms with Gasteiger partial charge in [0.25, 0.3) is 0 Å². The monoisotopic (exact) mass is 390 g/mol. The largest absolute Gasteiger partial charge is 0.431 e. The summed E-state index contributed by atoms with van der Waals surface area (Å²) in [4.78, 5) is 12.7. The van der Waals surface area contributed by atoms with Gasteiger partial charge < -0.3 is 5.11 Å². The molecule has 0 radical (unpaired) electrons. The van der Waals surface area contributed by atoms with Crippen LogP contribution < -0.4 is 0 Å². The molecule has 3 rings (SSSR count). The van der Waals surface area contributed by atoms with Crippen LogP contribution in [-0.2, 0) is 16.9 Å². The highest BCUT2D eigenvalue weighted by atomic mass is 19.4. The number of halogens is 3. The van der Waals surface area contributed by atoms with Crippen molar-refractivity contribution in [3.8, 4) is 0 Å². The lowest BCUT2D eigenvalue weighted by atomic mass is 9.96. The molecule has 28 heavy (non-hydrogen) atoms. The first kappa shape index (κ1) is 20.1. The maximum absolute atomic E-state index is 13.2. The average molecular weight is 390 g/mol. The Morgan fingerprint density at radius 2 is 1.79 bits per heavy atom. The standard InChI is InChI=1S/C21H21F3N2O2/c1-15-10-12-17(13-11-15)20(28)14-18(21(22,23)24)25-26(20)19(27)9-5-8-16-6-3-2-4-7-16/h2-4,6-7,10-13,28H,5,8-9,14H2,1H3. The number of benzene rings is 2. The molecule has 1 amide bonds. The molecule has 0 bridgehead atoms. The zero-order chi connectivity index (χ0) is 20.4. The predicted molar refractivity (Wildman–Crippen MR) is 99.4 cm³/mol. The second-order valence-corrected chi connectivity index (χ2v) is 6.95. The highest BCUT2D eigenvalue weighted by Crippen LogP contribution is 2.40. The molecule has 0 saturated heterocycles. The lowest BCUT2D eigenvalue weighted by Gasteiger charge is -2.31. The van der Waals surface area contributed by atoms with Crippen molar-refractivity contribution in [2.24, 2.45) is 5.10 Å². The number of amides is 1. The molecule has 7 heteroatoms. The van der Waals surface area contributed by atoms with Crippen LogP contribution in [0.1, 0.15) is 36.0 Å². The van der Waals surface area contributed by atoms with Crippen molar-refractivity contribution in [3.05, 3.63) is 71.3 Å². The molecular weight excluding hydrogens is 369 g/mol. The van der Waals surface area contributed by atoms with Gasteiger partial charge >= 0.3 is 6.18 Å². The van der Waals surface area contributed by atoms with Crippen molar-refractivity contribution in [1.29, 1.82) is 0 Å². The van der Waals surface area contributed by atoms with Crippen molar-refractivity contribution in [1.82, 2.24) is 5.01 Å². The molecule has 1 unspecified atom stereocenters. The molecule has 0 fully saturated rings. The third-order valence-electron chi connectivity index (χ3n) is 4.76. The van der Waals surface area contributed by atoms with E-state index in [0.29, 0.717) is 17.9 Å². The fraction of sp³-hybridized carbons (Fsp3) is 0.333. The zero-order valence-electron chi connectivity index (χ0n) is 15.4. The average Bonchev–Trinajstić information content (AvgIpc) is 3.02. The lowest BCUT2D eigenvalue weighted by Crippen LogP contribution is -2.43. The number of aryl methyl sites for hydroxylation is 2. The molecule has 148 valence electrons. The van der Waals surface area contributed by atoms with E-state index < -0.39 is 29.9 Å². The molecular formula is C21H21F3N2O2. The van der Waals surface area contributed by atoms with Crippen LogP contribution in [0.2, 0.25) is 0 Å². The van der Waals surface area contributed by atoms with Crippen molar-refractivity contribution in [3.63, 3.8) is 0 Å². The van der Waals surface area contributed by atoms with Gasteiger partial charge in [-0.1, -0.05) is 60.2 Å². The van der Waals surface area contributed by atoms with Crippen LogP contribution in [0.5, 0.6) is 0 Å². The summed E-state index contributed by atoms with van der Waals surface area (Å²) in [5.41, 5.74) is -1.17. The third kappa shape index (κ3) is 4.25. The summed E-state index contributed by atoms with van der Waals surface area (Å²) < 4.78 is 39.6.